The number of nitrogens with zero attached hydrogens (tertiary/aromatic N) is 2. The molecule has 2 aromatic rings. The van der Waals surface area contributed by atoms with E-state index < -0.39 is 0 Å². The molecule has 0 aliphatic rings. The predicted molar refractivity (Wildman–Crippen MR) is 88.2 cm³/mol. The highest BCUT2D eigenvalue weighted by Gasteiger charge is 2.21. The minimum atomic E-state index is -0.222. The highest BCUT2D eigenvalue weighted by atomic mass is 16.5. The Balaban J connectivity index is 1.74. The van der Waals surface area contributed by atoms with Gasteiger partial charge < -0.3 is 19.3 Å². The molecule has 1 aromatic carbocycles. The molecule has 0 aliphatic carbocycles. The predicted octanol–water partition coefficient (Wildman–Crippen LogP) is 2.11. The number of para-hydroxylation sites is 2. The van der Waals surface area contributed by atoms with Gasteiger partial charge in [0.2, 0.25) is 5.89 Å². The summed E-state index contributed by atoms with van der Waals surface area (Å²) in [6.07, 6.45) is 0.500. The van der Waals surface area contributed by atoms with Crippen LogP contribution in [0, 0.1) is 0 Å². The second-order valence-electron chi connectivity index (χ2n) is 6.31. The van der Waals surface area contributed by atoms with Gasteiger partial charge in [-0.25, -0.2) is 0 Å². The Morgan fingerprint density at radius 2 is 1.96 bits per heavy atom. The van der Waals surface area contributed by atoms with Gasteiger partial charge in [-0.2, -0.15) is 4.98 Å². The maximum Gasteiger partial charge on any atom is 0.257 e. The molecule has 7 nitrogen and oxygen atoms in total. The van der Waals surface area contributed by atoms with Crippen molar-refractivity contribution in [3.63, 3.8) is 0 Å². The molecule has 1 heterocycles. The molecule has 0 aliphatic heterocycles. The van der Waals surface area contributed by atoms with E-state index in [1.54, 1.807) is 19.2 Å². The molecule has 130 valence electrons. The van der Waals surface area contributed by atoms with Gasteiger partial charge in [0, 0.05) is 18.4 Å². The van der Waals surface area contributed by atoms with Crippen molar-refractivity contribution in [1.82, 2.24) is 15.5 Å². The Labute approximate surface area is 141 Å². The number of benzene rings is 1. The Morgan fingerprint density at radius 3 is 2.58 bits per heavy atom. The molecule has 1 amide bonds. The summed E-state index contributed by atoms with van der Waals surface area (Å²) in [7, 11) is 1.55. The number of ether oxygens (including phenoxy) is 2. The number of rotatable bonds is 7. The third-order valence-corrected chi connectivity index (χ3v) is 3.21. The molecule has 0 saturated heterocycles. The zero-order valence-electron chi connectivity index (χ0n) is 14.5. The average molecular weight is 333 g/mol. The van der Waals surface area contributed by atoms with E-state index in [9.17, 15) is 4.79 Å². The van der Waals surface area contributed by atoms with Crippen LogP contribution in [0.2, 0.25) is 0 Å². The first-order valence-corrected chi connectivity index (χ1v) is 7.75. The summed E-state index contributed by atoms with van der Waals surface area (Å²) in [4.78, 5) is 16.1. The summed E-state index contributed by atoms with van der Waals surface area (Å²) in [5.74, 6) is 2.06. The molecule has 1 aromatic heterocycles. The van der Waals surface area contributed by atoms with E-state index in [4.69, 9.17) is 14.0 Å². The second-order valence-corrected chi connectivity index (χ2v) is 6.31. The molecule has 0 spiro atoms. The third kappa shape index (κ3) is 4.97. The highest BCUT2D eigenvalue weighted by Crippen LogP contribution is 2.25. The van der Waals surface area contributed by atoms with Gasteiger partial charge in [-0.3, -0.25) is 4.79 Å². The van der Waals surface area contributed by atoms with Crippen molar-refractivity contribution < 1.29 is 18.8 Å². The summed E-state index contributed by atoms with van der Waals surface area (Å²) >= 11 is 0. The quantitative estimate of drug-likeness (QED) is 0.835. The Bertz CT molecular complexity index is 676. The topological polar surface area (TPSA) is 86.5 Å². The fraction of sp³-hybridized carbons (Fsp3) is 0.471. The van der Waals surface area contributed by atoms with Crippen LogP contribution in [0.3, 0.4) is 0 Å². The lowest BCUT2D eigenvalue weighted by atomic mass is 9.97. The molecule has 0 bridgehead atoms. The van der Waals surface area contributed by atoms with Gasteiger partial charge in [0.25, 0.3) is 5.91 Å². The third-order valence-electron chi connectivity index (χ3n) is 3.21. The van der Waals surface area contributed by atoms with E-state index in [2.05, 4.69) is 15.5 Å². The van der Waals surface area contributed by atoms with Crippen LogP contribution in [0.1, 0.15) is 32.5 Å². The van der Waals surface area contributed by atoms with Gasteiger partial charge in [0.15, 0.2) is 23.9 Å². The van der Waals surface area contributed by atoms with Crippen molar-refractivity contribution >= 4 is 5.91 Å². The van der Waals surface area contributed by atoms with Gasteiger partial charge in [0.1, 0.15) is 0 Å². The summed E-state index contributed by atoms with van der Waals surface area (Å²) in [6, 6.07) is 7.18. The van der Waals surface area contributed by atoms with Crippen LogP contribution in [0.5, 0.6) is 11.5 Å². The Kier molecular flexibility index (Phi) is 5.78. The van der Waals surface area contributed by atoms with Crippen LogP contribution < -0.4 is 14.8 Å². The van der Waals surface area contributed by atoms with Crippen LogP contribution in [0.25, 0.3) is 0 Å². The fourth-order valence-electron chi connectivity index (χ4n) is 1.91. The lowest BCUT2D eigenvalue weighted by Gasteiger charge is -2.10. The zero-order valence-corrected chi connectivity index (χ0v) is 14.5. The van der Waals surface area contributed by atoms with Crippen LogP contribution >= 0.6 is 0 Å². The van der Waals surface area contributed by atoms with Gasteiger partial charge in [0.05, 0.1) is 7.11 Å². The molecule has 24 heavy (non-hydrogen) atoms. The maximum atomic E-state index is 11.8. The second kappa shape index (κ2) is 7.81. The first-order chi connectivity index (χ1) is 11.4. The molecule has 0 saturated carbocycles. The number of aromatic nitrogens is 2. The normalized spacial score (nSPS) is 11.2. The fourth-order valence-corrected chi connectivity index (χ4v) is 1.91. The SMILES string of the molecule is COc1ccccc1OCC(=O)NCCc1noc(C(C)(C)C)n1. The largest absolute Gasteiger partial charge is 0.493 e. The first kappa shape index (κ1) is 17.8. The van der Waals surface area contributed by atoms with Crippen molar-refractivity contribution in [2.75, 3.05) is 20.3 Å². The summed E-state index contributed by atoms with van der Waals surface area (Å²) in [5.41, 5.74) is -0.183. The molecule has 7 heteroatoms. The summed E-state index contributed by atoms with van der Waals surface area (Å²) < 4.78 is 15.8. The van der Waals surface area contributed by atoms with Gasteiger partial charge in [-0.15, -0.1) is 0 Å². The minimum Gasteiger partial charge on any atom is -0.493 e. The van der Waals surface area contributed by atoms with Crippen molar-refractivity contribution in [1.29, 1.82) is 0 Å². The number of hydrogen-bond acceptors (Lipinski definition) is 6. The molecule has 0 radical (unpaired) electrons. The van der Waals surface area contributed by atoms with E-state index in [0.29, 0.717) is 36.2 Å². The highest BCUT2D eigenvalue weighted by molar-refractivity contribution is 5.77. The van der Waals surface area contributed by atoms with Crippen LogP contribution in [-0.4, -0.2) is 36.3 Å². The van der Waals surface area contributed by atoms with E-state index in [-0.39, 0.29) is 17.9 Å². The van der Waals surface area contributed by atoms with E-state index in [1.165, 1.54) is 0 Å². The first-order valence-electron chi connectivity index (χ1n) is 7.75. The monoisotopic (exact) mass is 333 g/mol. The van der Waals surface area contributed by atoms with Crippen molar-refractivity contribution in [2.45, 2.75) is 32.6 Å². The molecular formula is C17H23N3O4. The van der Waals surface area contributed by atoms with Crippen molar-refractivity contribution in [2.24, 2.45) is 0 Å². The molecule has 2 rings (SSSR count). The van der Waals surface area contributed by atoms with Crippen LogP contribution in [0.4, 0.5) is 0 Å². The number of methoxy groups -OCH3 is 1. The molecular weight excluding hydrogens is 310 g/mol. The summed E-state index contributed by atoms with van der Waals surface area (Å²) in [6.45, 7) is 6.33. The van der Waals surface area contributed by atoms with Crippen molar-refractivity contribution in [3.05, 3.63) is 36.0 Å². The number of carbonyl (C=O) groups is 1. The number of carbonyl (C=O) groups excluding carboxylic acids is 1. The van der Waals surface area contributed by atoms with E-state index >= 15 is 0 Å². The number of nitrogens with one attached hydrogen (secondary N) is 1. The minimum absolute atomic E-state index is 0.0835. The molecule has 0 fully saturated rings. The Hall–Kier alpha value is -2.57. The maximum absolute atomic E-state index is 11.8. The summed E-state index contributed by atoms with van der Waals surface area (Å²) in [5, 5.41) is 6.67. The van der Waals surface area contributed by atoms with Gasteiger partial charge >= 0.3 is 0 Å². The van der Waals surface area contributed by atoms with E-state index in [1.807, 2.05) is 32.9 Å². The van der Waals surface area contributed by atoms with Crippen LogP contribution in [0.15, 0.2) is 28.8 Å². The molecule has 0 unspecified atom stereocenters. The molecule has 1 N–H and O–H groups in total. The zero-order chi connectivity index (χ0) is 17.6. The standard InChI is InChI=1S/C17H23N3O4/c1-17(2,3)16-19-14(20-24-16)9-10-18-15(21)11-23-13-8-6-5-7-12(13)22-4/h5-8H,9-11H2,1-4H3,(H,18,21). The Morgan fingerprint density at radius 1 is 1.25 bits per heavy atom. The lowest BCUT2D eigenvalue weighted by Crippen LogP contribution is -2.30. The number of amides is 1. The number of hydrogen-bond donors (Lipinski definition) is 1. The van der Waals surface area contributed by atoms with Crippen molar-refractivity contribution in [3.8, 4) is 11.5 Å². The average Bonchev–Trinajstić information content (AvgIpc) is 3.02. The van der Waals surface area contributed by atoms with Gasteiger partial charge in [-0.05, 0) is 12.1 Å². The lowest BCUT2D eigenvalue weighted by molar-refractivity contribution is -0.123. The van der Waals surface area contributed by atoms with E-state index in [0.717, 1.165) is 0 Å². The van der Waals surface area contributed by atoms with Crippen LogP contribution in [-0.2, 0) is 16.6 Å². The smallest absolute Gasteiger partial charge is 0.257 e. The molecule has 0 atom stereocenters. The van der Waals surface area contributed by atoms with Gasteiger partial charge in [-0.1, -0.05) is 38.1 Å².